The van der Waals surface area contributed by atoms with Crippen LogP contribution in [0.2, 0.25) is 0 Å². The molecular formula is C9H15N3O4S. The highest BCUT2D eigenvalue weighted by molar-refractivity contribution is 7.89. The van der Waals surface area contributed by atoms with Crippen molar-refractivity contribution < 1.29 is 17.9 Å². The van der Waals surface area contributed by atoms with E-state index in [2.05, 4.69) is 14.7 Å². The van der Waals surface area contributed by atoms with Crippen molar-refractivity contribution in [3.63, 3.8) is 0 Å². The van der Waals surface area contributed by atoms with E-state index < -0.39 is 16.0 Å². The fraction of sp³-hybridized carbons (Fsp3) is 0.556. The summed E-state index contributed by atoms with van der Waals surface area (Å²) in [4.78, 5) is 17.3. The highest BCUT2D eigenvalue weighted by Gasteiger charge is 2.27. The van der Waals surface area contributed by atoms with Crippen molar-refractivity contribution in [2.45, 2.75) is 18.4 Å². The normalized spacial score (nSPS) is 11.7. The molecule has 7 nitrogen and oxygen atoms in total. The van der Waals surface area contributed by atoms with Crippen LogP contribution in [-0.2, 0) is 19.6 Å². The molecule has 0 aliphatic heterocycles. The molecule has 1 aromatic heterocycles. The van der Waals surface area contributed by atoms with Crippen LogP contribution in [0, 0.1) is 0 Å². The number of carbonyl (C=O) groups excluding carboxylic acids is 1. The maximum absolute atomic E-state index is 12.1. The molecule has 0 saturated carbocycles. The third-order valence-electron chi connectivity index (χ3n) is 2.10. The lowest BCUT2D eigenvalue weighted by Gasteiger charge is -2.18. The van der Waals surface area contributed by atoms with Gasteiger partial charge in [-0.1, -0.05) is 6.92 Å². The Morgan fingerprint density at radius 2 is 2.29 bits per heavy atom. The Morgan fingerprint density at radius 3 is 2.76 bits per heavy atom. The summed E-state index contributed by atoms with van der Waals surface area (Å²) < 4.78 is 29.7. The van der Waals surface area contributed by atoms with Crippen molar-refractivity contribution in [2.24, 2.45) is 0 Å². The first-order valence-corrected chi connectivity index (χ1v) is 6.51. The number of sulfonamides is 1. The molecule has 1 aromatic rings. The van der Waals surface area contributed by atoms with Crippen LogP contribution < -0.4 is 0 Å². The van der Waals surface area contributed by atoms with Gasteiger partial charge in [0.15, 0.2) is 5.03 Å². The van der Waals surface area contributed by atoms with Gasteiger partial charge in [0.1, 0.15) is 6.54 Å². The first-order valence-electron chi connectivity index (χ1n) is 5.07. The summed E-state index contributed by atoms with van der Waals surface area (Å²) in [6.45, 7) is 1.77. The van der Waals surface area contributed by atoms with Gasteiger partial charge in [0.05, 0.1) is 19.6 Å². The standard InChI is InChI=1S/C9H15N3O4S/c1-3-4-12(6-9(13)16-2)17(14,15)8-5-10-7-11-8/h5,7H,3-4,6H2,1-2H3,(H,10,11). The Morgan fingerprint density at radius 1 is 1.59 bits per heavy atom. The van der Waals surface area contributed by atoms with Crippen LogP contribution in [0.5, 0.6) is 0 Å². The van der Waals surface area contributed by atoms with E-state index in [1.807, 2.05) is 6.92 Å². The summed E-state index contributed by atoms with van der Waals surface area (Å²) in [5.74, 6) is -0.596. The fourth-order valence-corrected chi connectivity index (χ4v) is 2.64. The van der Waals surface area contributed by atoms with Crippen LogP contribution in [-0.4, -0.2) is 48.9 Å². The van der Waals surface area contributed by atoms with Crippen LogP contribution in [0.4, 0.5) is 0 Å². The molecule has 1 heterocycles. The van der Waals surface area contributed by atoms with E-state index in [1.165, 1.54) is 19.6 Å². The second-order valence-electron chi connectivity index (χ2n) is 3.33. The number of H-pyrrole nitrogens is 1. The molecule has 0 aliphatic carbocycles. The summed E-state index contributed by atoms with van der Waals surface area (Å²) in [6, 6.07) is 0. The topological polar surface area (TPSA) is 92.4 Å². The number of nitrogens with one attached hydrogen (secondary N) is 1. The molecule has 0 spiro atoms. The number of ether oxygens (including phenoxy) is 1. The largest absolute Gasteiger partial charge is 0.468 e. The number of imidazole rings is 1. The van der Waals surface area contributed by atoms with Gasteiger partial charge in [-0.25, -0.2) is 13.4 Å². The van der Waals surface area contributed by atoms with Crippen molar-refractivity contribution in [1.29, 1.82) is 0 Å². The van der Waals surface area contributed by atoms with Crippen molar-refractivity contribution in [2.75, 3.05) is 20.2 Å². The van der Waals surface area contributed by atoms with Crippen LogP contribution in [0.3, 0.4) is 0 Å². The number of esters is 1. The lowest BCUT2D eigenvalue weighted by Crippen LogP contribution is -2.36. The van der Waals surface area contributed by atoms with Gasteiger partial charge in [-0.3, -0.25) is 4.79 Å². The van der Waals surface area contributed by atoms with E-state index in [0.29, 0.717) is 6.42 Å². The van der Waals surface area contributed by atoms with Crippen LogP contribution >= 0.6 is 0 Å². The van der Waals surface area contributed by atoms with Gasteiger partial charge < -0.3 is 9.72 Å². The molecule has 0 aliphatic rings. The lowest BCUT2D eigenvalue weighted by atomic mass is 10.5. The van der Waals surface area contributed by atoms with Gasteiger partial charge in [0, 0.05) is 6.54 Å². The van der Waals surface area contributed by atoms with Crippen molar-refractivity contribution in [3.8, 4) is 0 Å². The Kier molecular flexibility index (Phi) is 4.64. The van der Waals surface area contributed by atoms with Gasteiger partial charge in [0.25, 0.3) is 10.0 Å². The van der Waals surface area contributed by atoms with Crippen molar-refractivity contribution in [1.82, 2.24) is 14.3 Å². The third kappa shape index (κ3) is 3.27. The average molecular weight is 261 g/mol. The predicted molar refractivity (Wildman–Crippen MR) is 59.7 cm³/mol. The Balaban J connectivity index is 2.94. The number of methoxy groups -OCH3 is 1. The highest BCUT2D eigenvalue weighted by atomic mass is 32.2. The third-order valence-corrected chi connectivity index (χ3v) is 3.87. The molecule has 0 aromatic carbocycles. The van der Waals surface area contributed by atoms with Crippen LogP contribution in [0.1, 0.15) is 13.3 Å². The number of rotatable bonds is 6. The molecule has 0 atom stereocenters. The molecule has 1 rings (SSSR count). The van der Waals surface area contributed by atoms with Gasteiger partial charge in [-0.2, -0.15) is 4.31 Å². The summed E-state index contributed by atoms with van der Waals surface area (Å²) in [5, 5.41) is -0.0325. The summed E-state index contributed by atoms with van der Waals surface area (Å²) in [5.41, 5.74) is 0. The quantitative estimate of drug-likeness (QED) is 0.727. The zero-order valence-electron chi connectivity index (χ0n) is 9.71. The minimum absolute atomic E-state index is 0.0325. The molecule has 17 heavy (non-hydrogen) atoms. The van der Waals surface area contributed by atoms with Gasteiger partial charge in [0.2, 0.25) is 0 Å². The highest BCUT2D eigenvalue weighted by Crippen LogP contribution is 2.12. The zero-order chi connectivity index (χ0) is 12.9. The Bertz CT molecular complexity index is 455. The number of hydrogen-bond donors (Lipinski definition) is 1. The minimum atomic E-state index is -3.71. The van der Waals surface area contributed by atoms with Crippen LogP contribution in [0.15, 0.2) is 17.6 Å². The van der Waals surface area contributed by atoms with E-state index in [-0.39, 0.29) is 18.1 Å². The van der Waals surface area contributed by atoms with Crippen molar-refractivity contribution in [3.05, 3.63) is 12.5 Å². The molecule has 0 saturated heterocycles. The van der Waals surface area contributed by atoms with E-state index in [0.717, 1.165) is 4.31 Å². The number of hydrogen-bond acceptors (Lipinski definition) is 5. The smallest absolute Gasteiger partial charge is 0.321 e. The summed E-state index contributed by atoms with van der Waals surface area (Å²) in [6.07, 6.45) is 3.08. The molecule has 0 bridgehead atoms. The minimum Gasteiger partial charge on any atom is -0.468 e. The molecule has 0 radical (unpaired) electrons. The van der Waals surface area contributed by atoms with Gasteiger partial charge in [-0.15, -0.1) is 0 Å². The summed E-state index contributed by atoms with van der Waals surface area (Å²) in [7, 11) is -2.49. The van der Waals surface area contributed by atoms with Crippen LogP contribution in [0.25, 0.3) is 0 Å². The number of aromatic nitrogens is 2. The van der Waals surface area contributed by atoms with E-state index >= 15 is 0 Å². The molecule has 1 N–H and O–H groups in total. The second kappa shape index (κ2) is 5.78. The molecular weight excluding hydrogens is 246 g/mol. The van der Waals surface area contributed by atoms with Crippen molar-refractivity contribution >= 4 is 16.0 Å². The first-order chi connectivity index (χ1) is 8.02. The summed E-state index contributed by atoms with van der Waals surface area (Å²) >= 11 is 0. The first kappa shape index (κ1) is 13.7. The SMILES string of the molecule is CCCN(CC(=O)OC)S(=O)(=O)c1cnc[nH]1. The maximum Gasteiger partial charge on any atom is 0.321 e. The average Bonchev–Trinajstić information content (AvgIpc) is 2.82. The van der Waals surface area contributed by atoms with E-state index in [9.17, 15) is 13.2 Å². The van der Waals surface area contributed by atoms with E-state index in [4.69, 9.17) is 0 Å². The second-order valence-corrected chi connectivity index (χ2v) is 5.24. The monoisotopic (exact) mass is 261 g/mol. The zero-order valence-corrected chi connectivity index (χ0v) is 10.5. The van der Waals surface area contributed by atoms with Gasteiger partial charge >= 0.3 is 5.97 Å². The number of aromatic amines is 1. The molecule has 8 heteroatoms. The molecule has 96 valence electrons. The fourth-order valence-electron chi connectivity index (χ4n) is 1.27. The number of nitrogens with zero attached hydrogens (tertiary/aromatic N) is 2. The predicted octanol–water partition coefficient (Wildman–Crippen LogP) is -0.0166. The molecule has 0 amide bonds. The van der Waals surface area contributed by atoms with Gasteiger partial charge in [-0.05, 0) is 6.42 Å². The lowest BCUT2D eigenvalue weighted by molar-refractivity contribution is -0.140. The van der Waals surface area contributed by atoms with E-state index in [1.54, 1.807) is 0 Å². The molecule has 0 fully saturated rings. The Hall–Kier alpha value is -1.41. The molecule has 0 unspecified atom stereocenters. The number of carbonyl (C=O) groups is 1. The maximum atomic E-state index is 12.1. The Labute approximate surface area is 99.8 Å².